The number of hydrogen-bond donors (Lipinski definition) is 1. The van der Waals surface area contributed by atoms with Crippen LogP contribution in [0.2, 0.25) is 0 Å². The molecule has 0 aliphatic rings. The highest BCUT2D eigenvalue weighted by Gasteiger charge is 2.15. The van der Waals surface area contributed by atoms with Crippen LogP contribution in [0.1, 0.15) is 31.0 Å². The highest BCUT2D eigenvalue weighted by atomic mass is 16.5. The van der Waals surface area contributed by atoms with E-state index in [0.717, 1.165) is 24.2 Å². The van der Waals surface area contributed by atoms with Crippen molar-refractivity contribution in [2.45, 2.75) is 39.7 Å². The van der Waals surface area contributed by atoms with Gasteiger partial charge in [0.05, 0.1) is 0 Å². The largest absolute Gasteiger partial charge is 0.456 e. The first kappa shape index (κ1) is 12.8. The lowest BCUT2D eigenvalue weighted by Gasteiger charge is -2.04. The molecule has 98 valence electrons. The summed E-state index contributed by atoms with van der Waals surface area (Å²) in [6, 6.07) is 2.26. The molecule has 18 heavy (non-hydrogen) atoms. The number of aryl methyl sites for hydroxylation is 2. The van der Waals surface area contributed by atoms with Gasteiger partial charge in [-0.2, -0.15) is 4.98 Å². The van der Waals surface area contributed by atoms with Gasteiger partial charge in [0.15, 0.2) is 11.6 Å². The predicted octanol–water partition coefficient (Wildman–Crippen LogP) is 2.35. The molecule has 5 heteroatoms. The first-order valence-corrected chi connectivity index (χ1v) is 6.23. The van der Waals surface area contributed by atoms with Crippen LogP contribution in [-0.2, 0) is 12.8 Å². The van der Waals surface area contributed by atoms with Crippen LogP contribution >= 0.6 is 0 Å². The third-order valence-electron chi connectivity index (χ3n) is 3.00. The number of nitrogens with zero attached hydrogens (tertiary/aromatic N) is 2. The molecule has 1 N–H and O–H groups in total. The molecule has 1 atom stereocenters. The van der Waals surface area contributed by atoms with E-state index in [1.165, 1.54) is 0 Å². The summed E-state index contributed by atoms with van der Waals surface area (Å²) in [5.74, 6) is 2.77. The van der Waals surface area contributed by atoms with E-state index in [2.05, 4.69) is 29.3 Å². The zero-order valence-electron chi connectivity index (χ0n) is 11.3. The van der Waals surface area contributed by atoms with Gasteiger partial charge < -0.3 is 14.3 Å². The lowest BCUT2D eigenvalue weighted by molar-refractivity contribution is 0.402. The molecule has 2 heterocycles. The fraction of sp³-hybridized carbons (Fsp3) is 0.538. The third-order valence-corrected chi connectivity index (χ3v) is 3.00. The second kappa shape index (κ2) is 5.35. The Bertz CT molecular complexity index is 516. The van der Waals surface area contributed by atoms with Gasteiger partial charge in [-0.1, -0.05) is 12.1 Å². The maximum atomic E-state index is 5.68. The number of nitrogens with one attached hydrogen (secondary N) is 1. The summed E-state index contributed by atoms with van der Waals surface area (Å²) < 4.78 is 10.9. The molecule has 0 saturated heterocycles. The monoisotopic (exact) mass is 249 g/mol. The summed E-state index contributed by atoms with van der Waals surface area (Å²) in [4.78, 5) is 4.35. The van der Waals surface area contributed by atoms with Crippen LogP contribution in [0, 0.1) is 6.92 Å². The summed E-state index contributed by atoms with van der Waals surface area (Å²) in [6.07, 6.45) is 1.60. The maximum absolute atomic E-state index is 5.68. The van der Waals surface area contributed by atoms with Gasteiger partial charge in [-0.25, -0.2) is 0 Å². The van der Waals surface area contributed by atoms with Crippen molar-refractivity contribution in [1.82, 2.24) is 15.5 Å². The zero-order valence-corrected chi connectivity index (χ0v) is 11.3. The van der Waals surface area contributed by atoms with Crippen LogP contribution in [0.25, 0.3) is 11.7 Å². The molecule has 0 radical (unpaired) electrons. The van der Waals surface area contributed by atoms with Gasteiger partial charge in [-0.15, -0.1) is 0 Å². The fourth-order valence-electron chi connectivity index (χ4n) is 1.79. The Labute approximate surface area is 107 Å². The summed E-state index contributed by atoms with van der Waals surface area (Å²) in [5, 5.41) is 7.10. The molecule has 0 bridgehead atoms. The van der Waals surface area contributed by atoms with Crippen molar-refractivity contribution in [1.29, 1.82) is 0 Å². The molecule has 1 unspecified atom stereocenters. The average Bonchev–Trinajstić information content (AvgIpc) is 2.95. The normalized spacial score (nSPS) is 12.9. The van der Waals surface area contributed by atoms with Crippen LogP contribution < -0.4 is 5.32 Å². The van der Waals surface area contributed by atoms with E-state index in [0.29, 0.717) is 23.5 Å². The van der Waals surface area contributed by atoms with Crippen LogP contribution in [-0.4, -0.2) is 23.2 Å². The van der Waals surface area contributed by atoms with Gasteiger partial charge in [0.1, 0.15) is 5.76 Å². The smallest absolute Gasteiger partial charge is 0.293 e. The summed E-state index contributed by atoms with van der Waals surface area (Å²) >= 11 is 0. The molecule has 2 aromatic heterocycles. The van der Waals surface area contributed by atoms with Crippen LogP contribution in [0.15, 0.2) is 15.0 Å². The SMILES string of the molecule is CCc1oc(-c2nc(CC(C)NC)no2)cc1C. The molecule has 0 aliphatic heterocycles. The first-order chi connectivity index (χ1) is 8.63. The molecule has 0 aromatic carbocycles. The van der Waals surface area contributed by atoms with E-state index in [4.69, 9.17) is 8.94 Å². The minimum Gasteiger partial charge on any atom is -0.456 e. The fourth-order valence-corrected chi connectivity index (χ4v) is 1.79. The van der Waals surface area contributed by atoms with Crippen molar-refractivity contribution in [3.63, 3.8) is 0 Å². The predicted molar refractivity (Wildman–Crippen MR) is 68.3 cm³/mol. The van der Waals surface area contributed by atoms with E-state index < -0.39 is 0 Å². The third kappa shape index (κ3) is 2.61. The Hall–Kier alpha value is -1.62. The molecule has 0 fully saturated rings. The lowest BCUT2D eigenvalue weighted by Crippen LogP contribution is -2.24. The van der Waals surface area contributed by atoms with Crippen LogP contribution in [0.4, 0.5) is 0 Å². The second-order valence-corrected chi connectivity index (χ2v) is 4.48. The molecule has 0 spiro atoms. The second-order valence-electron chi connectivity index (χ2n) is 4.48. The molecule has 0 saturated carbocycles. The van der Waals surface area contributed by atoms with Crippen molar-refractivity contribution < 1.29 is 8.94 Å². The maximum Gasteiger partial charge on any atom is 0.293 e. The van der Waals surface area contributed by atoms with Gasteiger partial charge in [0.25, 0.3) is 5.89 Å². The zero-order chi connectivity index (χ0) is 13.1. The topological polar surface area (TPSA) is 64.1 Å². The van der Waals surface area contributed by atoms with Crippen molar-refractivity contribution >= 4 is 0 Å². The summed E-state index contributed by atoms with van der Waals surface area (Å²) in [5.41, 5.74) is 1.12. The molecular weight excluding hydrogens is 230 g/mol. The van der Waals surface area contributed by atoms with Crippen molar-refractivity contribution in [2.24, 2.45) is 0 Å². The number of hydrogen-bond acceptors (Lipinski definition) is 5. The highest BCUT2D eigenvalue weighted by molar-refractivity contribution is 5.47. The van der Waals surface area contributed by atoms with Crippen molar-refractivity contribution in [3.8, 4) is 11.7 Å². The van der Waals surface area contributed by atoms with Crippen molar-refractivity contribution in [2.75, 3.05) is 7.05 Å². The van der Waals surface area contributed by atoms with Crippen LogP contribution in [0.5, 0.6) is 0 Å². The average molecular weight is 249 g/mol. The molecule has 0 amide bonds. The Morgan fingerprint density at radius 2 is 2.22 bits per heavy atom. The molecule has 2 aromatic rings. The lowest BCUT2D eigenvalue weighted by atomic mass is 10.2. The van der Waals surface area contributed by atoms with E-state index in [1.54, 1.807) is 0 Å². The minimum absolute atomic E-state index is 0.319. The molecule has 0 aliphatic carbocycles. The molecule has 5 nitrogen and oxygen atoms in total. The standard InChI is InChI=1S/C13H19N3O2/c1-5-10-8(2)6-11(17-10)13-15-12(16-18-13)7-9(3)14-4/h6,9,14H,5,7H2,1-4H3. The first-order valence-electron chi connectivity index (χ1n) is 6.23. The van der Waals surface area contributed by atoms with Gasteiger partial charge in [0, 0.05) is 18.9 Å². The van der Waals surface area contributed by atoms with E-state index in [9.17, 15) is 0 Å². The molecule has 2 rings (SSSR count). The Balaban J connectivity index is 2.18. The molecular formula is C13H19N3O2. The Morgan fingerprint density at radius 3 is 2.83 bits per heavy atom. The quantitative estimate of drug-likeness (QED) is 0.881. The van der Waals surface area contributed by atoms with Gasteiger partial charge >= 0.3 is 0 Å². The van der Waals surface area contributed by atoms with Crippen LogP contribution in [0.3, 0.4) is 0 Å². The summed E-state index contributed by atoms with van der Waals surface area (Å²) in [6.45, 7) is 6.15. The van der Waals surface area contributed by atoms with E-state index in [-0.39, 0.29) is 0 Å². The van der Waals surface area contributed by atoms with Gasteiger partial charge in [-0.3, -0.25) is 0 Å². The number of furan rings is 1. The minimum atomic E-state index is 0.319. The summed E-state index contributed by atoms with van der Waals surface area (Å²) in [7, 11) is 1.91. The number of rotatable bonds is 5. The van der Waals surface area contributed by atoms with Gasteiger partial charge in [-0.05, 0) is 32.5 Å². The van der Waals surface area contributed by atoms with E-state index in [1.807, 2.05) is 20.0 Å². The Morgan fingerprint density at radius 1 is 1.44 bits per heavy atom. The van der Waals surface area contributed by atoms with E-state index >= 15 is 0 Å². The van der Waals surface area contributed by atoms with Gasteiger partial charge in [0.2, 0.25) is 0 Å². The Kier molecular flexibility index (Phi) is 3.81. The number of likely N-dealkylation sites (N-methyl/N-ethyl adjacent to an activating group) is 1. The highest BCUT2D eigenvalue weighted by Crippen LogP contribution is 2.24. The number of aromatic nitrogens is 2. The van der Waals surface area contributed by atoms with Crippen molar-refractivity contribution in [3.05, 3.63) is 23.2 Å².